The summed E-state index contributed by atoms with van der Waals surface area (Å²) >= 11 is 0. The highest BCUT2D eigenvalue weighted by Crippen LogP contribution is 2.42. The van der Waals surface area contributed by atoms with Crippen LogP contribution < -0.4 is 15.0 Å². The maximum atomic E-state index is 14.1. The Labute approximate surface area is 225 Å². The maximum absolute atomic E-state index is 14.1. The topological polar surface area (TPSA) is 57.7 Å². The molecule has 0 atom stereocenters. The monoisotopic (exact) mass is 526 g/mol. The molecular weight excluding hydrogens is 498 g/mol. The molecule has 1 N–H and O–H groups in total. The summed E-state index contributed by atoms with van der Waals surface area (Å²) in [5, 5.41) is 3.75. The van der Waals surface area contributed by atoms with Crippen LogP contribution in [0.4, 0.5) is 20.2 Å². The number of anilines is 2. The number of likely N-dealkylation sites (tertiary alicyclic amines) is 1. The number of pyridine rings is 1. The Hall–Kier alpha value is -4.30. The summed E-state index contributed by atoms with van der Waals surface area (Å²) in [5.74, 6) is -1.04. The minimum atomic E-state index is -0.847. The Morgan fingerprint density at radius 3 is 2.44 bits per heavy atom. The number of methoxy groups -OCH3 is 1. The number of amides is 1. The zero-order valence-electron chi connectivity index (χ0n) is 21.5. The van der Waals surface area contributed by atoms with Crippen molar-refractivity contribution in [2.45, 2.75) is 25.0 Å². The molecule has 0 saturated carbocycles. The molecule has 0 aliphatic carbocycles. The molecule has 1 spiro atoms. The molecule has 2 aliphatic rings. The molecule has 6 rings (SSSR count). The summed E-state index contributed by atoms with van der Waals surface area (Å²) in [6.45, 7) is 1.85. The quantitative estimate of drug-likeness (QED) is 0.341. The number of hydrogen-bond donors (Lipinski definition) is 1. The van der Waals surface area contributed by atoms with Crippen molar-refractivity contribution in [1.82, 2.24) is 9.88 Å². The Morgan fingerprint density at radius 2 is 1.74 bits per heavy atom. The molecule has 3 heterocycles. The number of aromatic nitrogens is 1. The van der Waals surface area contributed by atoms with Gasteiger partial charge in [0, 0.05) is 61.8 Å². The second-order valence-corrected chi connectivity index (χ2v) is 10.0. The van der Waals surface area contributed by atoms with Gasteiger partial charge in [0.25, 0.3) is 5.91 Å². The molecule has 198 valence electrons. The van der Waals surface area contributed by atoms with Crippen LogP contribution in [0.15, 0.2) is 85.2 Å². The smallest absolute Gasteiger partial charge is 0.262 e. The number of halogens is 2. The summed E-state index contributed by atoms with van der Waals surface area (Å²) in [6.07, 6.45) is 4.83. The molecule has 4 aromatic rings. The fourth-order valence-corrected chi connectivity index (χ4v) is 5.59. The number of rotatable bonds is 5. The molecule has 6 nitrogen and oxygen atoms in total. The number of benzene rings is 3. The third kappa shape index (κ3) is 4.72. The van der Waals surface area contributed by atoms with Crippen LogP contribution in [-0.2, 0) is 6.54 Å². The van der Waals surface area contributed by atoms with E-state index in [9.17, 15) is 13.6 Å². The van der Waals surface area contributed by atoms with Gasteiger partial charge in [0.05, 0.1) is 12.7 Å². The van der Waals surface area contributed by atoms with Gasteiger partial charge in [-0.1, -0.05) is 18.2 Å². The van der Waals surface area contributed by atoms with Gasteiger partial charge in [0.2, 0.25) is 0 Å². The van der Waals surface area contributed by atoms with Gasteiger partial charge in [-0.2, -0.15) is 0 Å². The maximum Gasteiger partial charge on any atom is 0.262 e. The molecule has 2 aliphatic heterocycles. The summed E-state index contributed by atoms with van der Waals surface area (Å²) in [5.41, 5.74) is 4.19. The van der Waals surface area contributed by atoms with E-state index in [1.807, 2.05) is 65.7 Å². The van der Waals surface area contributed by atoms with Crippen molar-refractivity contribution in [3.05, 3.63) is 108 Å². The molecule has 8 heteroatoms. The first-order valence-electron chi connectivity index (χ1n) is 12.9. The summed E-state index contributed by atoms with van der Waals surface area (Å²) in [4.78, 5) is 22.4. The fraction of sp³-hybridized carbons (Fsp3) is 0.226. The number of ether oxygens (including phenoxy) is 1. The number of carbonyl (C=O) groups is 1. The predicted octanol–water partition coefficient (Wildman–Crippen LogP) is 6.10. The van der Waals surface area contributed by atoms with Gasteiger partial charge in [-0.3, -0.25) is 19.6 Å². The number of nitrogens with zero attached hydrogens (tertiary/aromatic N) is 3. The second kappa shape index (κ2) is 10.1. The van der Waals surface area contributed by atoms with Gasteiger partial charge >= 0.3 is 0 Å². The van der Waals surface area contributed by atoms with Gasteiger partial charge in [-0.05, 0) is 65.7 Å². The zero-order valence-corrected chi connectivity index (χ0v) is 21.5. The Bertz CT molecular complexity index is 1500. The minimum absolute atomic E-state index is 0.0688. The SMILES string of the molecule is COc1ccc(N2C(=O)c3ccc(-c4cccnc4)cc3NC23CCN(Cc2ccc(F)c(F)c2)CC3)cc1. The van der Waals surface area contributed by atoms with Crippen LogP contribution in [0.5, 0.6) is 5.75 Å². The van der Waals surface area contributed by atoms with Gasteiger partial charge in [-0.15, -0.1) is 0 Å². The first-order chi connectivity index (χ1) is 19.0. The van der Waals surface area contributed by atoms with Crippen molar-refractivity contribution in [3.8, 4) is 16.9 Å². The molecule has 1 aromatic heterocycles. The highest BCUT2D eigenvalue weighted by Gasteiger charge is 2.47. The number of carbonyl (C=O) groups excluding carboxylic acids is 1. The number of hydrogen-bond acceptors (Lipinski definition) is 5. The third-order valence-corrected chi connectivity index (χ3v) is 7.65. The lowest BCUT2D eigenvalue weighted by Gasteiger charge is -2.52. The van der Waals surface area contributed by atoms with E-state index in [2.05, 4.69) is 15.2 Å². The van der Waals surface area contributed by atoms with Crippen molar-refractivity contribution in [3.63, 3.8) is 0 Å². The molecule has 1 amide bonds. The highest BCUT2D eigenvalue weighted by molar-refractivity contribution is 6.13. The van der Waals surface area contributed by atoms with Gasteiger partial charge in [0.1, 0.15) is 11.4 Å². The lowest BCUT2D eigenvalue weighted by atomic mass is 9.88. The molecule has 3 aromatic carbocycles. The van der Waals surface area contributed by atoms with Gasteiger partial charge in [0.15, 0.2) is 11.6 Å². The molecular formula is C31H28F2N4O2. The van der Waals surface area contributed by atoms with E-state index >= 15 is 0 Å². The minimum Gasteiger partial charge on any atom is -0.497 e. The average Bonchev–Trinajstić information content (AvgIpc) is 2.97. The fourth-order valence-electron chi connectivity index (χ4n) is 5.59. The van der Waals surface area contributed by atoms with Crippen LogP contribution in [0.2, 0.25) is 0 Å². The van der Waals surface area contributed by atoms with Gasteiger partial charge in [-0.25, -0.2) is 8.78 Å². The van der Waals surface area contributed by atoms with Crippen molar-refractivity contribution in [1.29, 1.82) is 0 Å². The van der Waals surface area contributed by atoms with Crippen LogP contribution in [-0.4, -0.2) is 41.7 Å². The first-order valence-corrected chi connectivity index (χ1v) is 12.9. The second-order valence-electron chi connectivity index (χ2n) is 10.0. The molecule has 1 saturated heterocycles. The Kier molecular flexibility index (Phi) is 6.48. The molecule has 1 fully saturated rings. The molecule has 0 unspecified atom stereocenters. The number of nitrogens with one attached hydrogen (secondary N) is 1. The van der Waals surface area contributed by atoms with E-state index in [-0.39, 0.29) is 5.91 Å². The highest BCUT2D eigenvalue weighted by atomic mass is 19.2. The first kappa shape index (κ1) is 25.0. The van der Waals surface area contributed by atoms with Crippen molar-refractivity contribution < 1.29 is 18.3 Å². The van der Waals surface area contributed by atoms with E-state index < -0.39 is 17.3 Å². The Morgan fingerprint density at radius 1 is 0.949 bits per heavy atom. The molecule has 39 heavy (non-hydrogen) atoms. The zero-order chi connectivity index (χ0) is 27.0. The predicted molar refractivity (Wildman–Crippen MR) is 147 cm³/mol. The van der Waals surface area contributed by atoms with Crippen LogP contribution in [0.25, 0.3) is 11.1 Å². The summed E-state index contributed by atoms with van der Waals surface area (Å²) < 4.78 is 32.5. The molecule has 0 radical (unpaired) electrons. The average molecular weight is 527 g/mol. The summed E-state index contributed by atoms with van der Waals surface area (Å²) in [6, 6.07) is 21.3. The van der Waals surface area contributed by atoms with Crippen molar-refractivity contribution >= 4 is 17.3 Å². The Balaban J connectivity index is 1.33. The van der Waals surface area contributed by atoms with E-state index in [0.717, 1.165) is 28.1 Å². The lowest BCUT2D eigenvalue weighted by Crippen LogP contribution is -2.64. The van der Waals surface area contributed by atoms with Crippen LogP contribution in [0.3, 0.4) is 0 Å². The van der Waals surface area contributed by atoms with E-state index in [1.54, 1.807) is 19.4 Å². The number of fused-ring (bicyclic) bond motifs is 1. The van der Waals surface area contributed by atoms with Crippen molar-refractivity contribution in [2.75, 3.05) is 30.4 Å². The standard InChI is InChI=1S/C31H28F2N4O2/c1-39-25-8-6-24(7-9-25)37-30(38)26-10-5-22(23-3-2-14-34-19-23)18-29(26)35-31(37)12-15-36(16-13-31)20-21-4-11-27(32)28(33)17-21/h2-11,14,17-19,35H,12-13,15-16,20H2,1H3. The van der Waals surface area contributed by atoms with Crippen molar-refractivity contribution in [2.24, 2.45) is 0 Å². The third-order valence-electron chi connectivity index (χ3n) is 7.65. The van der Waals surface area contributed by atoms with E-state index in [1.165, 1.54) is 12.1 Å². The van der Waals surface area contributed by atoms with E-state index in [4.69, 9.17) is 4.74 Å². The summed E-state index contributed by atoms with van der Waals surface area (Å²) in [7, 11) is 1.61. The van der Waals surface area contributed by atoms with Gasteiger partial charge < -0.3 is 10.1 Å². The number of piperidine rings is 1. The van der Waals surface area contributed by atoms with Crippen LogP contribution >= 0.6 is 0 Å². The van der Waals surface area contributed by atoms with Crippen LogP contribution in [0, 0.1) is 11.6 Å². The van der Waals surface area contributed by atoms with Crippen LogP contribution in [0.1, 0.15) is 28.8 Å². The van der Waals surface area contributed by atoms with E-state index in [0.29, 0.717) is 43.8 Å². The largest absolute Gasteiger partial charge is 0.497 e. The molecule has 0 bridgehead atoms. The lowest BCUT2D eigenvalue weighted by molar-refractivity contribution is 0.0904. The normalized spacial score (nSPS) is 16.6.